The van der Waals surface area contributed by atoms with Crippen LogP contribution in [0.2, 0.25) is 5.02 Å². The van der Waals surface area contributed by atoms with Gasteiger partial charge in [-0.1, -0.05) is 29.8 Å². The maximum atomic E-state index is 12.7. The molecule has 1 saturated heterocycles. The van der Waals surface area contributed by atoms with Crippen LogP contribution in [0.5, 0.6) is 5.75 Å². The summed E-state index contributed by atoms with van der Waals surface area (Å²) in [5, 5.41) is 7.60. The van der Waals surface area contributed by atoms with Crippen LogP contribution in [0.1, 0.15) is 0 Å². The summed E-state index contributed by atoms with van der Waals surface area (Å²) in [5.41, 5.74) is 2.50. The molecule has 180 valence electrons. The Bertz CT molecular complexity index is 1210. The van der Waals surface area contributed by atoms with Gasteiger partial charge in [-0.3, -0.25) is 0 Å². The van der Waals surface area contributed by atoms with E-state index in [0.717, 1.165) is 48.6 Å². The van der Waals surface area contributed by atoms with Crippen molar-refractivity contribution in [2.24, 2.45) is 0 Å². The van der Waals surface area contributed by atoms with E-state index in [4.69, 9.17) is 16.3 Å². The lowest BCUT2D eigenvalue weighted by molar-refractivity contribution is 0.311. The molecule has 0 bridgehead atoms. The Labute approximate surface area is 205 Å². The average Bonchev–Trinajstić information content (AvgIpc) is 2.81. The smallest absolute Gasteiger partial charge is 0.229 e. The molecule has 0 aliphatic carbocycles. The summed E-state index contributed by atoms with van der Waals surface area (Å²) in [4.78, 5) is 13.6. The number of nitrogens with zero attached hydrogens (tertiary/aromatic N) is 4. The number of methoxy groups -OCH3 is 1. The Morgan fingerprint density at radius 3 is 2.41 bits per heavy atom. The van der Waals surface area contributed by atoms with Gasteiger partial charge in [0.1, 0.15) is 12.2 Å². The van der Waals surface area contributed by atoms with Crippen molar-refractivity contribution in [2.75, 3.05) is 69.2 Å². The highest BCUT2D eigenvalue weighted by Gasteiger charge is 2.21. The van der Waals surface area contributed by atoms with Gasteiger partial charge in [0.2, 0.25) is 5.95 Å². The second-order valence-electron chi connectivity index (χ2n) is 8.66. The predicted octanol–water partition coefficient (Wildman–Crippen LogP) is 4.63. The molecule has 0 atom stereocenters. The van der Waals surface area contributed by atoms with Gasteiger partial charge in [-0.25, -0.2) is 4.98 Å². The van der Waals surface area contributed by atoms with Gasteiger partial charge in [0.25, 0.3) is 0 Å². The van der Waals surface area contributed by atoms with Crippen molar-refractivity contribution in [1.29, 1.82) is 0 Å². The van der Waals surface area contributed by atoms with E-state index in [-0.39, 0.29) is 0 Å². The highest BCUT2D eigenvalue weighted by Crippen LogP contribution is 2.39. The number of halogens is 1. The van der Waals surface area contributed by atoms with Crippen LogP contribution in [-0.2, 0) is 4.57 Å². The first-order valence-corrected chi connectivity index (χ1v) is 14.1. The van der Waals surface area contributed by atoms with Crippen molar-refractivity contribution in [2.45, 2.75) is 0 Å². The second kappa shape index (κ2) is 10.2. The lowest BCUT2D eigenvalue weighted by atomic mass is 10.2. The summed E-state index contributed by atoms with van der Waals surface area (Å²) < 4.78 is 18.5. The van der Waals surface area contributed by atoms with Gasteiger partial charge in [0, 0.05) is 31.5 Å². The Hall–Kier alpha value is -2.80. The molecule has 1 aliphatic rings. The van der Waals surface area contributed by atoms with Gasteiger partial charge in [-0.2, -0.15) is 4.98 Å². The summed E-state index contributed by atoms with van der Waals surface area (Å²) in [6, 6.07) is 13.5. The summed E-state index contributed by atoms with van der Waals surface area (Å²) in [5.74, 6) is 1.53. The Kier molecular flexibility index (Phi) is 7.31. The van der Waals surface area contributed by atoms with Crippen LogP contribution in [0, 0.1) is 0 Å². The molecule has 4 rings (SSSR count). The summed E-state index contributed by atoms with van der Waals surface area (Å²) in [7, 11) is 1.30. The molecule has 0 radical (unpaired) electrons. The second-order valence-corrected chi connectivity index (χ2v) is 12.2. The van der Waals surface area contributed by atoms with Crippen molar-refractivity contribution in [3.63, 3.8) is 0 Å². The maximum absolute atomic E-state index is 12.7. The maximum Gasteiger partial charge on any atom is 0.229 e. The molecule has 1 fully saturated rings. The van der Waals surface area contributed by atoms with E-state index in [2.05, 4.69) is 43.5 Å². The number of benzene rings is 2. The van der Waals surface area contributed by atoms with E-state index in [0.29, 0.717) is 22.5 Å². The number of rotatable bonds is 7. The van der Waals surface area contributed by atoms with Crippen molar-refractivity contribution in [1.82, 2.24) is 14.9 Å². The number of ether oxygens (including phenoxy) is 1. The predicted molar refractivity (Wildman–Crippen MR) is 142 cm³/mol. The molecule has 0 amide bonds. The van der Waals surface area contributed by atoms with Gasteiger partial charge >= 0.3 is 0 Å². The molecule has 2 aromatic carbocycles. The highest BCUT2D eigenvalue weighted by molar-refractivity contribution is 7.70. The quantitative estimate of drug-likeness (QED) is 0.455. The van der Waals surface area contributed by atoms with Crippen LogP contribution in [-0.4, -0.2) is 68.5 Å². The fourth-order valence-corrected chi connectivity index (χ4v) is 5.24. The lowest BCUT2D eigenvalue weighted by Gasteiger charge is -2.35. The minimum absolute atomic E-state index is 0.362. The first-order valence-electron chi connectivity index (χ1n) is 11.1. The molecule has 2 heterocycles. The fourth-order valence-electron chi connectivity index (χ4n) is 3.95. The molecule has 0 saturated carbocycles. The lowest BCUT2D eigenvalue weighted by Crippen LogP contribution is -2.44. The van der Waals surface area contributed by atoms with Gasteiger partial charge in [-0.05, 0) is 44.6 Å². The third-order valence-electron chi connectivity index (χ3n) is 5.77. The number of anilines is 5. The van der Waals surface area contributed by atoms with Crippen molar-refractivity contribution >= 4 is 52.9 Å². The normalized spacial score (nSPS) is 14.7. The minimum atomic E-state index is -2.50. The van der Waals surface area contributed by atoms with Crippen LogP contribution in [0.4, 0.5) is 28.8 Å². The zero-order valence-electron chi connectivity index (χ0n) is 19.9. The molecular formula is C24H30ClN6O2P. The molecule has 1 aromatic heterocycles. The van der Waals surface area contributed by atoms with Gasteiger partial charge in [-0.15, -0.1) is 0 Å². The Morgan fingerprint density at radius 1 is 1.00 bits per heavy atom. The Morgan fingerprint density at radius 2 is 1.71 bits per heavy atom. The monoisotopic (exact) mass is 500 g/mol. The van der Waals surface area contributed by atoms with Crippen LogP contribution in [0.3, 0.4) is 0 Å². The largest absolute Gasteiger partial charge is 0.492 e. The first kappa shape index (κ1) is 24.3. The number of aromatic nitrogens is 2. The van der Waals surface area contributed by atoms with E-state index < -0.39 is 7.14 Å². The molecule has 3 aromatic rings. The molecule has 1 aliphatic heterocycles. The standard InChI is InChI=1S/C24H30ClN6O2P/c1-30-12-14-31(15-13-30)20-10-7-9-19(22(20)33-2)28-24-26-16-17(25)23(29-24)27-18-8-5-6-11-21(18)34(3,4)32/h5-11,16H,12-15H2,1-4H3,(H2,26,27,28,29). The molecule has 34 heavy (non-hydrogen) atoms. The van der Waals surface area contributed by atoms with Gasteiger partial charge < -0.3 is 29.7 Å². The molecular weight excluding hydrogens is 471 g/mol. The van der Waals surface area contributed by atoms with Crippen molar-refractivity contribution in [3.05, 3.63) is 53.7 Å². The highest BCUT2D eigenvalue weighted by atomic mass is 35.5. The van der Waals surface area contributed by atoms with E-state index in [1.807, 2.05) is 36.4 Å². The zero-order chi connectivity index (χ0) is 24.3. The van der Waals surface area contributed by atoms with Crippen LogP contribution in [0.25, 0.3) is 0 Å². The van der Waals surface area contributed by atoms with Crippen LogP contribution >= 0.6 is 18.7 Å². The van der Waals surface area contributed by atoms with E-state index in [9.17, 15) is 4.57 Å². The first-order chi connectivity index (χ1) is 16.3. The van der Waals surface area contributed by atoms with Gasteiger partial charge in [0.15, 0.2) is 11.6 Å². The summed E-state index contributed by atoms with van der Waals surface area (Å²) in [6.45, 7) is 7.34. The average molecular weight is 501 g/mol. The number of piperazine rings is 1. The number of nitrogens with one attached hydrogen (secondary N) is 2. The summed E-state index contributed by atoms with van der Waals surface area (Å²) >= 11 is 6.39. The number of para-hydroxylation sites is 2. The minimum Gasteiger partial charge on any atom is -0.492 e. The molecule has 10 heteroatoms. The molecule has 0 unspecified atom stereocenters. The summed E-state index contributed by atoms with van der Waals surface area (Å²) in [6.07, 6.45) is 1.54. The third kappa shape index (κ3) is 5.46. The van der Waals surface area contributed by atoms with Crippen molar-refractivity contribution in [3.8, 4) is 5.75 Å². The number of likely N-dealkylation sites (N-methyl/N-ethyl adjacent to an activating group) is 1. The van der Waals surface area contributed by atoms with E-state index in [1.165, 1.54) is 6.20 Å². The third-order valence-corrected chi connectivity index (χ3v) is 7.60. The Balaban J connectivity index is 1.61. The van der Waals surface area contributed by atoms with Crippen LogP contribution in [0.15, 0.2) is 48.7 Å². The zero-order valence-corrected chi connectivity index (χ0v) is 21.5. The number of hydrogen-bond acceptors (Lipinski definition) is 8. The van der Waals surface area contributed by atoms with E-state index in [1.54, 1.807) is 20.4 Å². The number of hydrogen-bond donors (Lipinski definition) is 2. The van der Waals surface area contributed by atoms with Crippen molar-refractivity contribution < 1.29 is 9.30 Å². The van der Waals surface area contributed by atoms with Gasteiger partial charge in [0.05, 0.1) is 30.4 Å². The van der Waals surface area contributed by atoms with Crippen LogP contribution < -0.4 is 25.6 Å². The topological polar surface area (TPSA) is 82.6 Å². The fraction of sp³-hybridized carbons (Fsp3) is 0.333. The van der Waals surface area contributed by atoms with E-state index >= 15 is 0 Å². The molecule has 2 N–H and O–H groups in total. The molecule has 0 spiro atoms. The SMILES string of the molecule is COc1c(Nc2ncc(Cl)c(Nc3ccccc3P(C)(C)=O)n2)cccc1N1CCN(C)CC1. The molecule has 8 nitrogen and oxygen atoms in total.